The van der Waals surface area contributed by atoms with Crippen molar-refractivity contribution in [3.05, 3.63) is 35.5 Å². The van der Waals surface area contributed by atoms with Crippen LogP contribution in [-0.4, -0.2) is 10.2 Å². The normalized spacial score (nSPS) is 12.9. The fourth-order valence-electron chi connectivity index (χ4n) is 1.79. The minimum atomic E-state index is 0.620. The summed E-state index contributed by atoms with van der Waals surface area (Å²) < 4.78 is 5.63. The largest absolute Gasteiger partial charge is 0.488 e. The van der Waals surface area contributed by atoms with Gasteiger partial charge in [-0.2, -0.15) is 5.10 Å². The van der Waals surface area contributed by atoms with E-state index >= 15 is 0 Å². The number of fused-ring (bicyclic) bond motifs is 3. The Morgan fingerprint density at radius 1 is 1.36 bits per heavy atom. The molecule has 1 aliphatic rings. The van der Waals surface area contributed by atoms with Crippen molar-refractivity contribution in [2.24, 2.45) is 0 Å². The fraction of sp³-hybridized carbons (Fsp3) is 0.182. The molecule has 3 rings (SSSR count). The highest BCUT2D eigenvalue weighted by Crippen LogP contribution is 2.36. The van der Waals surface area contributed by atoms with Gasteiger partial charge in [0.15, 0.2) is 0 Å². The third-order valence-electron chi connectivity index (χ3n) is 2.59. The van der Waals surface area contributed by atoms with E-state index < -0.39 is 0 Å². The summed E-state index contributed by atoms with van der Waals surface area (Å²) in [5, 5.41) is 7.28. The van der Waals surface area contributed by atoms with Crippen LogP contribution in [0.2, 0.25) is 0 Å². The van der Waals surface area contributed by atoms with Crippen molar-refractivity contribution in [2.75, 3.05) is 0 Å². The van der Waals surface area contributed by atoms with Gasteiger partial charge in [-0.05, 0) is 19.1 Å². The molecule has 3 nitrogen and oxygen atoms in total. The van der Waals surface area contributed by atoms with Crippen LogP contribution in [0.4, 0.5) is 0 Å². The average molecular weight is 186 g/mol. The Bertz CT molecular complexity index is 488. The maximum absolute atomic E-state index is 5.63. The predicted molar refractivity (Wildman–Crippen MR) is 53.1 cm³/mol. The van der Waals surface area contributed by atoms with Gasteiger partial charge in [0, 0.05) is 16.8 Å². The molecule has 0 saturated heterocycles. The maximum Gasteiger partial charge on any atom is 0.129 e. The molecule has 0 amide bonds. The third kappa shape index (κ3) is 0.894. The molecule has 0 radical (unpaired) electrons. The second-order valence-corrected chi connectivity index (χ2v) is 3.46. The summed E-state index contributed by atoms with van der Waals surface area (Å²) in [6.07, 6.45) is 0. The quantitative estimate of drug-likeness (QED) is 0.685. The van der Waals surface area contributed by atoms with Crippen LogP contribution in [0.5, 0.6) is 5.75 Å². The number of aryl methyl sites for hydroxylation is 1. The van der Waals surface area contributed by atoms with Crippen LogP contribution in [-0.2, 0) is 6.61 Å². The van der Waals surface area contributed by atoms with Crippen LogP contribution in [0.15, 0.2) is 24.3 Å². The number of nitrogens with zero attached hydrogens (tertiary/aromatic N) is 1. The topological polar surface area (TPSA) is 37.9 Å². The standard InChI is InChI=1S/C11H10N2O/c1-7-9-6-14-10-5-3-2-4-8(10)11(9)13-12-7/h2-5H,6H2,1H3,(H,12,13). The van der Waals surface area contributed by atoms with Gasteiger partial charge in [-0.1, -0.05) is 12.1 Å². The van der Waals surface area contributed by atoms with Crippen LogP contribution in [0.25, 0.3) is 11.3 Å². The van der Waals surface area contributed by atoms with E-state index in [1.54, 1.807) is 0 Å². The van der Waals surface area contributed by atoms with Crippen LogP contribution >= 0.6 is 0 Å². The summed E-state index contributed by atoms with van der Waals surface area (Å²) in [4.78, 5) is 0. The number of benzene rings is 1. The zero-order valence-corrected chi connectivity index (χ0v) is 7.87. The summed E-state index contributed by atoms with van der Waals surface area (Å²) in [6.45, 7) is 2.64. The number of para-hydroxylation sites is 1. The van der Waals surface area contributed by atoms with E-state index in [9.17, 15) is 0 Å². The Balaban J connectivity index is 2.29. The lowest BCUT2D eigenvalue weighted by molar-refractivity contribution is 0.301. The molecule has 1 aromatic carbocycles. The Hall–Kier alpha value is -1.77. The van der Waals surface area contributed by atoms with E-state index in [4.69, 9.17) is 4.74 Å². The third-order valence-corrected chi connectivity index (χ3v) is 2.59. The Kier molecular flexibility index (Phi) is 1.42. The van der Waals surface area contributed by atoms with Gasteiger partial charge in [0.05, 0.1) is 0 Å². The first-order valence-corrected chi connectivity index (χ1v) is 4.62. The van der Waals surface area contributed by atoms with Gasteiger partial charge in [-0.3, -0.25) is 5.10 Å². The molecule has 1 aromatic heterocycles. The molecule has 1 N–H and O–H groups in total. The highest BCUT2D eigenvalue weighted by molar-refractivity contribution is 5.72. The molecule has 0 bridgehead atoms. The average Bonchev–Trinajstić information content (AvgIpc) is 2.61. The molecule has 0 atom stereocenters. The number of hydrogen-bond donors (Lipinski definition) is 1. The molecule has 3 heteroatoms. The Labute approximate surface area is 81.7 Å². The van der Waals surface area contributed by atoms with Gasteiger partial charge in [-0.25, -0.2) is 0 Å². The van der Waals surface area contributed by atoms with Crippen molar-refractivity contribution in [1.82, 2.24) is 10.2 Å². The fourth-order valence-corrected chi connectivity index (χ4v) is 1.79. The van der Waals surface area contributed by atoms with Crippen LogP contribution in [0, 0.1) is 6.92 Å². The molecular weight excluding hydrogens is 176 g/mol. The van der Waals surface area contributed by atoms with Crippen molar-refractivity contribution < 1.29 is 4.74 Å². The summed E-state index contributed by atoms with van der Waals surface area (Å²) in [5.41, 5.74) is 4.38. The smallest absolute Gasteiger partial charge is 0.129 e. The highest BCUT2D eigenvalue weighted by Gasteiger charge is 2.20. The predicted octanol–water partition coefficient (Wildman–Crippen LogP) is 2.28. The number of H-pyrrole nitrogens is 1. The van der Waals surface area contributed by atoms with Gasteiger partial charge in [0.25, 0.3) is 0 Å². The highest BCUT2D eigenvalue weighted by atomic mass is 16.5. The van der Waals surface area contributed by atoms with E-state index in [0.29, 0.717) is 6.61 Å². The van der Waals surface area contributed by atoms with Gasteiger partial charge in [-0.15, -0.1) is 0 Å². The van der Waals surface area contributed by atoms with E-state index in [1.165, 1.54) is 5.56 Å². The van der Waals surface area contributed by atoms with E-state index in [2.05, 4.69) is 10.2 Å². The van der Waals surface area contributed by atoms with Crippen molar-refractivity contribution in [3.63, 3.8) is 0 Å². The van der Waals surface area contributed by atoms with Gasteiger partial charge < -0.3 is 4.74 Å². The molecule has 0 fully saturated rings. The minimum Gasteiger partial charge on any atom is -0.488 e. The van der Waals surface area contributed by atoms with E-state index in [-0.39, 0.29) is 0 Å². The van der Waals surface area contributed by atoms with Gasteiger partial charge in [0.1, 0.15) is 18.1 Å². The molecule has 70 valence electrons. The first-order chi connectivity index (χ1) is 6.86. The summed E-state index contributed by atoms with van der Waals surface area (Å²) in [6, 6.07) is 7.99. The lowest BCUT2D eigenvalue weighted by atomic mass is 10.0. The van der Waals surface area contributed by atoms with Crippen LogP contribution in [0.1, 0.15) is 11.3 Å². The molecule has 2 heterocycles. The molecule has 14 heavy (non-hydrogen) atoms. The van der Waals surface area contributed by atoms with Gasteiger partial charge in [0.2, 0.25) is 0 Å². The van der Waals surface area contributed by atoms with Gasteiger partial charge >= 0.3 is 0 Å². The SMILES string of the molecule is Cc1[nH]nc2c1COc1ccccc1-2. The number of hydrogen-bond acceptors (Lipinski definition) is 2. The number of aromatic amines is 1. The molecule has 1 aliphatic heterocycles. The summed E-state index contributed by atoms with van der Waals surface area (Å²) in [7, 11) is 0. The monoisotopic (exact) mass is 186 g/mol. The van der Waals surface area contributed by atoms with Crippen LogP contribution in [0.3, 0.4) is 0 Å². The molecule has 0 aliphatic carbocycles. The Morgan fingerprint density at radius 3 is 3.14 bits per heavy atom. The molecular formula is C11H10N2O. The second kappa shape index (κ2) is 2.61. The first-order valence-electron chi connectivity index (χ1n) is 4.62. The molecule has 0 saturated carbocycles. The van der Waals surface area contributed by atoms with Crippen molar-refractivity contribution in [3.8, 4) is 17.0 Å². The number of nitrogens with one attached hydrogen (secondary N) is 1. The van der Waals surface area contributed by atoms with E-state index in [1.807, 2.05) is 31.2 Å². The van der Waals surface area contributed by atoms with Crippen molar-refractivity contribution in [1.29, 1.82) is 0 Å². The summed E-state index contributed by atoms with van der Waals surface area (Å²) in [5.74, 6) is 0.923. The maximum atomic E-state index is 5.63. The first kappa shape index (κ1) is 7.62. The van der Waals surface area contributed by atoms with E-state index in [0.717, 1.165) is 22.7 Å². The van der Waals surface area contributed by atoms with Crippen molar-refractivity contribution >= 4 is 0 Å². The number of ether oxygens (including phenoxy) is 1. The zero-order valence-electron chi connectivity index (χ0n) is 7.87. The summed E-state index contributed by atoms with van der Waals surface area (Å²) >= 11 is 0. The number of rotatable bonds is 0. The molecule has 2 aromatic rings. The lowest BCUT2D eigenvalue weighted by Gasteiger charge is -2.16. The lowest BCUT2D eigenvalue weighted by Crippen LogP contribution is -2.04. The number of aromatic nitrogens is 2. The zero-order chi connectivity index (χ0) is 9.54. The molecule has 0 unspecified atom stereocenters. The van der Waals surface area contributed by atoms with Crippen molar-refractivity contribution in [2.45, 2.75) is 13.5 Å². The minimum absolute atomic E-state index is 0.620. The Morgan fingerprint density at radius 2 is 2.21 bits per heavy atom. The molecule has 0 spiro atoms. The van der Waals surface area contributed by atoms with Crippen LogP contribution < -0.4 is 4.74 Å². The second-order valence-electron chi connectivity index (χ2n) is 3.46.